The zero-order valence-electron chi connectivity index (χ0n) is 15.3. The van der Waals surface area contributed by atoms with E-state index in [4.69, 9.17) is 4.74 Å². The van der Waals surface area contributed by atoms with Crippen LogP contribution in [0.3, 0.4) is 0 Å². The van der Waals surface area contributed by atoms with Crippen LogP contribution in [0.15, 0.2) is 12.4 Å². The van der Waals surface area contributed by atoms with Crippen molar-refractivity contribution in [1.82, 2.24) is 20.4 Å². The Labute approximate surface area is 143 Å². The Morgan fingerprint density at radius 3 is 2.62 bits per heavy atom. The van der Waals surface area contributed by atoms with Gasteiger partial charge in [0.15, 0.2) is 0 Å². The molecule has 1 saturated heterocycles. The molecule has 0 aliphatic carbocycles. The van der Waals surface area contributed by atoms with Crippen LogP contribution in [0.5, 0.6) is 0 Å². The number of amides is 2. The third-order valence-corrected chi connectivity index (χ3v) is 4.92. The normalized spacial score (nSPS) is 23.8. The highest BCUT2D eigenvalue weighted by Crippen LogP contribution is 2.41. The first-order valence-corrected chi connectivity index (χ1v) is 8.43. The number of aryl methyl sites for hydroxylation is 1. The fourth-order valence-corrected chi connectivity index (χ4v) is 3.03. The van der Waals surface area contributed by atoms with Crippen molar-refractivity contribution in [1.29, 1.82) is 0 Å². The van der Waals surface area contributed by atoms with Crippen molar-refractivity contribution in [2.24, 2.45) is 12.5 Å². The monoisotopic (exact) mass is 338 g/mol. The Morgan fingerprint density at radius 1 is 1.42 bits per heavy atom. The van der Waals surface area contributed by atoms with E-state index in [1.807, 2.05) is 0 Å². The van der Waals surface area contributed by atoms with Gasteiger partial charge in [0, 0.05) is 32.0 Å². The quantitative estimate of drug-likeness (QED) is 0.759. The number of hydrogen-bond acceptors (Lipinski definition) is 4. The molecule has 7 nitrogen and oxygen atoms in total. The second kappa shape index (κ2) is 6.72. The topological polar surface area (TPSA) is 88.4 Å². The zero-order chi connectivity index (χ0) is 18.0. The molecule has 2 amide bonds. The van der Waals surface area contributed by atoms with Gasteiger partial charge in [-0.15, -0.1) is 0 Å². The zero-order valence-corrected chi connectivity index (χ0v) is 15.3. The lowest BCUT2D eigenvalue weighted by Crippen LogP contribution is -2.53. The number of hydrogen-bond donors (Lipinski definition) is 3. The summed E-state index contributed by atoms with van der Waals surface area (Å²) in [6.07, 6.45) is 5.28. The van der Waals surface area contributed by atoms with Crippen molar-refractivity contribution in [2.75, 3.05) is 19.7 Å². The molecule has 1 aromatic rings. The first-order valence-electron chi connectivity index (χ1n) is 8.43. The van der Waals surface area contributed by atoms with E-state index in [1.54, 1.807) is 31.0 Å². The molecule has 2 heterocycles. The van der Waals surface area contributed by atoms with Gasteiger partial charge in [-0.05, 0) is 25.2 Å². The second-order valence-electron chi connectivity index (χ2n) is 7.91. The van der Waals surface area contributed by atoms with E-state index in [2.05, 4.69) is 36.5 Å². The van der Waals surface area contributed by atoms with E-state index in [-0.39, 0.29) is 23.6 Å². The number of ether oxygens (including phenoxy) is 1. The lowest BCUT2D eigenvalue weighted by Gasteiger charge is -2.41. The van der Waals surface area contributed by atoms with Crippen LogP contribution in [0.1, 0.15) is 46.1 Å². The van der Waals surface area contributed by atoms with Gasteiger partial charge in [-0.25, -0.2) is 4.79 Å². The first-order chi connectivity index (χ1) is 11.1. The minimum absolute atomic E-state index is 0.0576. The van der Waals surface area contributed by atoms with Crippen LogP contribution in [0, 0.1) is 5.41 Å². The Bertz CT molecular complexity index is 569. The summed E-state index contributed by atoms with van der Waals surface area (Å²) in [5.41, 5.74) is -0.902. The summed E-state index contributed by atoms with van der Waals surface area (Å²) in [5.74, 6) is 0. The first kappa shape index (κ1) is 18.7. The second-order valence-corrected chi connectivity index (χ2v) is 7.91. The maximum absolute atomic E-state index is 12.1. The fraction of sp³-hybridized carbons (Fsp3) is 0.765. The van der Waals surface area contributed by atoms with Crippen LogP contribution in [0.25, 0.3) is 0 Å². The summed E-state index contributed by atoms with van der Waals surface area (Å²) in [5, 5.41) is 20.2. The van der Waals surface area contributed by atoms with E-state index in [0.29, 0.717) is 12.1 Å². The maximum atomic E-state index is 12.1. The highest BCUT2D eigenvalue weighted by Gasteiger charge is 2.45. The molecule has 1 aromatic heterocycles. The highest BCUT2D eigenvalue weighted by atomic mass is 16.5. The molecular formula is C17H30N4O3. The molecule has 2 rings (SSSR count). The molecule has 1 fully saturated rings. The third-order valence-electron chi connectivity index (χ3n) is 4.92. The van der Waals surface area contributed by atoms with Gasteiger partial charge in [0.25, 0.3) is 0 Å². The molecule has 1 aliphatic rings. The number of aliphatic hydroxyl groups is 1. The lowest BCUT2D eigenvalue weighted by atomic mass is 9.74. The number of rotatable bonds is 5. The molecule has 2 unspecified atom stereocenters. The summed E-state index contributed by atoms with van der Waals surface area (Å²) in [6.45, 7) is 9.34. The van der Waals surface area contributed by atoms with Gasteiger partial charge in [-0.2, -0.15) is 5.10 Å². The largest absolute Gasteiger partial charge is 0.383 e. The summed E-state index contributed by atoms with van der Waals surface area (Å²) in [6, 6.07) is -0.307. The Balaban J connectivity index is 1.87. The molecule has 136 valence electrons. The maximum Gasteiger partial charge on any atom is 0.315 e. The third kappa shape index (κ3) is 4.08. The van der Waals surface area contributed by atoms with Crippen LogP contribution in [-0.2, 0) is 17.4 Å². The van der Waals surface area contributed by atoms with Crippen molar-refractivity contribution in [3.63, 3.8) is 0 Å². The average molecular weight is 338 g/mol. The smallest absolute Gasteiger partial charge is 0.315 e. The molecule has 0 radical (unpaired) electrons. The molecule has 0 bridgehead atoms. The Hall–Kier alpha value is -1.60. The van der Waals surface area contributed by atoms with E-state index >= 15 is 0 Å². The number of carbonyl (C=O) groups is 1. The van der Waals surface area contributed by atoms with E-state index < -0.39 is 5.60 Å². The minimum atomic E-state index is -1.17. The van der Waals surface area contributed by atoms with Gasteiger partial charge < -0.3 is 20.5 Å². The number of aromatic nitrogens is 2. The fourth-order valence-electron chi connectivity index (χ4n) is 3.03. The van der Waals surface area contributed by atoms with Crippen molar-refractivity contribution in [3.8, 4) is 0 Å². The number of carbonyl (C=O) groups excluding carboxylic acids is 1. The van der Waals surface area contributed by atoms with Crippen molar-refractivity contribution < 1.29 is 14.6 Å². The molecule has 24 heavy (non-hydrogen) atoms. The van der Waals surface area contributed by atoms with Gasteiger partial charge in [-0.1, -0.05) is 20.8 Å². The Kier molecular flexibility index (Phi) is 5.25. The van der Waals surface area contributed by atoms with Gasteiger partial charge in [0.2, 0.25) is 0 Å². The summed E-state index contributed by atoms with van der Waals surface area (Å²) < 4.78 is 7.59. The SMILES string of the molecule is Cn1cc(C(C)(O)CNC(=O)NCC2(C(C)(C)C)CCCO2)cn1. The molecule has 0 aromatic carbocycles. The van der Waals surface area contributed by atoms with Crippen molar-refractivity contribution >= 4 is 6.03 Å². The predicted molar refractivity (Wildman–Crippen MR) is 91.6 cm³/mol. The van der Waals surface area contributed by atoms with Crippen LogP contribution < -0.4 is 10.6 Å². The van der Waals surface area contributed by atoms with Crippen LogP contribution in [0.4, 0.5) is 4.79 Å². The minimum Gasteiger partial charge on any atom is -0.383 e. The van der Waals surface area contributed by atoms with Crippen LogP contribution in [-0.4, -0.2) is 46.2 Å². The van der Waals surface area contributed by atoms with Gasteiger partial charge >= 0.3 is 6.03 Å². The van der Waals surface area contributed by atoms with Gasteiger partial charge in [-0.3, -0.25) is 4.68 Å². The number of nitrogens with zero attached hydrogens (tertiary/aromatic N) is 2. The molecule has 0 spiro atoms. The van der Waals surface area contributed by atoms with Crippen molar-refractivity contribution in [3.05, 3.63) is 18.0 Å². The van der Waals surface area contributed by atoms with Gasteiger partial charge in [0.05, 0.1) is 18.3 Å². The summed E-state index contributed by atoms with van der Waals surface area (Å²) in [4.78, 5) is 12.1. The van der Waals surface area contributed by atoms with E-state index in [9.17, 15) is 9.90 Å². The Morgan fingerprint density at radius 2 is 2.12 bits per heavy atom. The average Bonchev–Trinajstić information content (AvgIpc) is 3.12. The van der Waals surface area contributed by atoms with Crippen LogP contribution >= 0.6 is 0 Å². The number of urea groups is 1. The standard InChI is InChI=1S/C17H30N4O3/c1-15(2,3)17(7-6-8-24-17)12-19-14(22)18-11-16(4,23)13-9-20-21(5)10-13/h9-10,23H,6-8,11-12H2,1-5H3,(H2,18,19,22). The lowest BCUT2D eigenvalue weighted by molar-refractivity contribution is -0.0737. The van der Waals surface area contributed by atoms with Crippen molar-refractivity contribution in [2.45, 2.75) is 51.7 Å². The highest BCUT2D eigenvalue weighted by molar-refractivity contribution is 5.74. The van der Waals surface area contributed by atoms with Gasteiger partial charge in [0.1, 0.15) is 5.60 Å². The molecule has 2 atom stereocenters. The molecule has 3 N–H and O–H groups in total. The predicted octanol–water partition coefficient (Wildman–Crippen LogP) is 1.52. The molecule has 0 saturated carbocycles. The summed E-state index contributed by atoms with van der Waals surface area (Å²) in [7, 11) is 1.78. The van der Waals surface area contributed by atoms with E-state index in [0.717, 1.165) is 19.4 Å². The van der Waals surface area contributed by atoms with E-state index in [1.165, 1.54) is 0 Å². The molecule has 7 heteroatoms. The number of nitrogens with one attached hydrogen (secondary N) is 2. The summed E-state index contributed by atoms with van der Waals surface area (Å²) >= 11 is 0. The molecular weight excluding hydrogens is 308 g/mol. The molecule has 1 aliphatic heterocycles. The van der Waals surface area contributed by atoms with Crippen LogP contribution in [0.2, 0.25) is 0 Å².